The van der Waals surface area contributed by atoms with Crippen molar-refractivity contribution in [1.29, 1.82) is 5.26 Å². The SMILES string of the molecule is Cc1ccsc1C(C)Nc1ccc(C#N)cc1Cl. The Kier molecular flexibility index (Phi) is 3.90. The van der Waals surface area contributed by atoms with Crippen LogP contribution in [0, 0.1) is 18.3 Å². The molecule has 2 aromatic rings. The molecule has 92 valence electrons. The van der Waals surface area contributed by atoms with E-state index < -0.39 is 0 Å². The van der Waals surface area contributed by atoms with Gasteiger partial charge in [-0.05, 0) is 49.1 Å². The smallest absolute Gasteiger partial charge is 0.0992 e. The van der Waals surface area contributed by atoms with Gasteiger partial charge in [-0.2, -0.15) is 5.26 Å². The number of rotatable bonds is 3. The van der Waals surface area contributed by atoms with Gasteiger partial charge in [0.2, 0.25) is 0 Å². The number of nitrogens with one attached hydrogen (secondary N) is 1. The molecule has 2 nitrogen and oxygen atoms in total. The fourth-order valence-corrected chi connectivity index (χ4v) is 3.00. The molecular weight excluding hydrogens is 264 g/mol. The summed E-state index contributed by atoms with van der Waals surface area (Å²) in [6.45, 7) is 4.21. The van der Waals surface area contributed by atoms with Crippen LogP contribution in [0.5, 0.6) is 0 Å². The average Bonchev–Trinajstić information content (AvgIpc) is 2.78. The predicted octanol–water partition coefficient (Wildman–Crippen LogP) is 4.75. The number of thiophene rings is 1. The Morgan fingerprint density at radius 3 is 2.72 bits per heavy atom. The third-order valence-electron chi connectivity index (χ3n) is 2.77. The molecule has 1 atom stereocenters. The first kappa shape index (κ1) is 12.9. The van der Waals surface area contributed by atoms with Gasteiger partial charge in [-0.25, -0.2) is 0 Å². The summed E-state index contributed by atoms with van der Waals surface area (Å²) < 4.78 is 0. The minimum absolute atomic E-state index is 0.204. The Bertz CT molecular complexity index is 598. The summed E-state index contributed by atoms with van der Waals surface area (Å²) in [4.78, 5) is 1.30. The van der Waals surface area contributed by atoms with Crippen molar-refractivity contribution in [2.24, 2.45) is 0 Å². The molecule has 1 unspecified atom stereocenters. The number of benzene rings is 1. The summed E-state index contributed by atoms with van der Waals surface area (Å²) in [6.07, 6.45) is 0. The van der Waals surface area contributed by atoms with Crippen LogP contribution in [-0.2, 0) is 0 Å². The van der Waals surface area contributed by atoms with Gasteiger partial charge in [-0.15, -0.1) is 11.3 Å². The van der Waals surface area contributed by atoms with Gasteiger partial charge in [-0.3, -0.25) is 0 Å². The monoisotopic (exact) mass is 276 g/mol. The van der Waals surface area contributed by atoms with Crippen LogP contribution < -0.4 is 5.32 Å². The van der Waals surface area contributed by atoms with Gasteiger partial charge in [0.05, 0.1) is 28.4 Å². The van der Waals surface area contributed by atoms with Crippen LogP contribution in [0.1, 0.15) is 29.0 Å². The number of anilines is 1. The number of nitrogens with zero attached hydrogens (tertiary/aromatic N) is 1. The summed E-state index contributed by atoms with van der Waals surface area (Å²) in [5, 5.41) is 14.8. The van der Waals surface area contributed by atoms with E-state index in [1.807, 2.05) is 6.07 Å². The molecule has 1 aromatic carbocycles. The molecule has 1 N–H and O–H groups in total. The number of aryl methyl sites for hydroxylation is 1. The number of nitriles is 1. The first-order chi connectivity index (χ1) is 8.61. The van der Waals surface area contributed by atoms with Gasteiger partial charge < -0.3 is 5.32 Å². The molecule has 0 aliphatic carbocycles. The Morgan fingerprint density at radius 2 is 2.17 bits per heavy atom. The molecule has 0 aliphatic rings. The Labute approximate surface area is 116 Å². The summed E-state index contributed by atoms with van der Waals surface area (Å²) in [7, 11) is 0. The van der Waals surface area contributed by atoms with Crippen LogP contribution in [0.15, 0.2) is 29.6 Å². The zero-order valence-electron chi connectivity index (χ0n) is 10.2. The topological polar surface area (TPSA) is 35.8 Å². The molecule has 0 saturated carbocycles. The van der Waals surface area contributed by atoms with E-state index in [0.29, 0.717) is 10.6 Å². The minimum Gasteiger partial charge on any atom is -0.376 e. The standard InChI is InChI=1S/C14H13ClN2S/c1-9-5-6-18-14(9)10(2)17-13-4-3-11(8-16)7-12(13)15/h3-7,10,17H,1-2H3. The molecule has 0 bridgehead atoms. The highest BCUT2D eigenvalue weighted by Crippen LogP contribution is 2.30. The molecule has 0 amide bonds. The van der Waals surface area contributed by atoms with Gasteiger partial charge in [0.1, 0.15) is 0 Å². The second kappa shape index (κ2) is 5.43. The molecule has 1 heterocycles. The third-order valence-corrected chi connectivity index (χ3v) is 4.28. The van der Waals surface area contributed by atoms with Crippen LogP contribution in [0.4, 0.5) is 5.69 Å². The van der Waals surface area contributed by atoms with Gasteiger partial charge in [0.25, 0.3) is 0 Å². The van der Waals surface area contributed by atoms with Gasteiger partial charge in [0.15, 0.2) is 0 Å². The van der Waals surface area contributed by atoms with Crippen molar-refractivity contribution in [2.45, 2.75) is 19.9 Å². The maximum absolute atomic E-state index is 8.79. The molecule has 4 heteroatoms. The minimum atomic E-state index is 0.204. The molecule has 0 spiro atoms. The summed E-state index contributed by atoms with van der Waals surface area (Å²) in [5.74, 6) is 0. The highest BCUT2D eigenvalue weighted by Gasteiger charge is 2.11. The van der Waals surface area contributed by atoms with E-state index in [1.54, 1.807) is 23.5 Å². The van der Waals surface area contributed by atoms with Crippen molar-refractivity contribution in [3.05, 3.63) is 50.7 Å². The lowest BCUT2D eigenvalue weighted by molar-refractivity contribution is 0.899. The molecule has 2 rings (SSSR count). The number of halogens is 1. The van der Waals surface area contributed by atoms with Crippen molar-refractivity contribution in [3.8, 4) is 6.07 Å². The Hall–Kier alpha value is -1.50. The molecule has 0 fully saturated rings. The van der Waals surface area contributed by atoms with Gasteiger partial charge >= 0.3 is 0 Å². The lowest BCUT2D eigenvalue weighted by atomic mass is 10.1. The summed E-state index contributed by atoms with van der Waals surface area (Å²) >= 11 is 7.88. The second-order valence-corrected chi connectivity index (χ2v) is 5.50. The van der Waals surface area contributed by atoms with E-state index in [0.717, 1.165) is 5.69 Å². The molecule has 0 saturated heterocycles. The quantitative estimate of drug-likeness (QED) is 0.878. The predicted molar refractivity (Wildman–Crippen MR) is 77.3 cm³/mol. The zero-order valence-corrected chi connectivity index (χ0v) is 11.8. The first-order valence-corrected chi connectivity index (χ1v) is 6.87. The Morgan fingerprint density at radius 1 is 1.39 bits per heavy atom. The van der Waals surface area contributed by atoms with Crippen molar-refractivity contribution >= 4 is 28.6 Å². The van der Waals surface area contributed by atoms with Crippen LogP contribution in [-0.4, -0.2) is 0 Å². The Balaban J connectivity index is 2.20. The van der Waals surface area contributed by atoms with E-state index in [-0.39, 0.29) is 6.04 Å². The molecule has 0 radical (unpaired) electrons. The highest BCUT2D eigenvalue weighted by molar-refractivity contribution is 7.10. The van der Waals surface area contributed by atoms with Crippen molar-refractivity contribution in [1.82, 2.24) is 0 Å². The third kappa shape index (κ3) is 2.66. The van der Waals surface area contributed by atoms with Crippen LogP contribution in [0.2, 0.25) is 5.02 Å². The van der Waals surface area contributed by atoms with E-state index in [2.05, 4.69) is 36.7 Å². The van der Waals surface area contributed by atoms with Crippen LogP contribution in [0.3, 0.4) is 0 Å². The van der Waals surface area contributed by atoms with Crippen molar-refractivity contribution in [3.63, 3.8) is 0 Å². The summed E-state index contributed by atoms with van der Waals surface area (Å²) in [5.41, 5.74) is 2.71. The lowest BCUT2D eigenvalue weighted by Crippen LogP contribution is -2.06. The van der Waals surface area contributed by atoms with E-state index >= 15 is 0 Å². The first-order valence-electron chi connectivity index (χ1n) is 5.62. The molecule has 0 aliphatic heterocycles. The fraction of sp³-hybridized carbons (Fsp3) is 0.214. The molecule has 1 aromatic heterocycles. The highest BCUT2D eigenvalue weighted by atomic mass is 35.5. The van der Waals surface area contributed by atoms with Gasteiger partial charge in [-0.1, -0.05) is 11.6 Å². The van der Waals surface area contributed by atoms with E-state index in [9.17, 15) is 0 Å². The molecular formula is C14H13ClN2S. The number of hydrogen-bond donors (Lipinski definition) is 1. The fourth-order valence-electron chi connectivity index (χ4n) is 1.83. The largest absolute Gasteiger partial charge is 0.376 e. The second-order valence-electron chi connectivity index (χ2n) is 4.14. The van der Waals surface area contributed by atoms with Crippen molar-refractivity contribution in [2.75, 3.05) is 5.32 Å². The number of hydrogen-bond acceptors (Lipinski definition) is 3. The van der Waals surface area contributed by atoms with E-state index in [1.165, 1.54) is 10.4 Å². The normalized spacial score (nSPS) is 11.9. The zero-order chi connectivity index (χ0) is 13.1. The van der Waals surface area contributed by atoms with Crippen LogP contribution >= 0.6 is 22.9 Å². The van der Waals surface area contributed by atoms with Gasteiger partial charge in [0, 0.05) is 4.88 Å². The van der Waals surface area contributed by atoms with Crippen LogP contribution in [0.25, 0.3) is 0 Å². The summed E-state index contributed by atoms with van der Waals surface area (Å²) in [6, 6.07) is 9.68. The molecule has 18 heavy (non-hydrogen) atoms. The lowest BCUT2D eigenvalue weighted by Gasteiger charge is -2.16. The van der Waals surface area contributed by atoms with Crippen molar-refractivity contribution < 1.29 is 0 Å². The maximum Gasteiger partial charge on any atom is 0.0992 e. The average molecular weight is 277 g/mol. The van der Waals surface area contributed by atoms with E-state index in [4.69, 9.17) is 16.9 Å². The maximum atomic E-state index is 8.79.